The van der Waals surface area contributed by atoms with Gasteiger partial charge in [-0.3, -0.25) is 9.78 Å². The molecule has 0 atom stereocenters. The van der Waals surface area contributed by atoms with E-state index in [2.05, 4.69) is 26.2 Å². The van der Waals surface area contributed by atoms with Crippen LogP contribution in [-0.4, -0.2) is 10.9 Å². The molecule has 0 aliphatic heterocycles. The molecule has 0 spiro atoms. The van der Waals surface area contributed by atoms with Crippen LogP contribution >= 0.6 is 15.9 Å². The lowest BCUT2D eigenvalue weighted by Crippen LogP contribution is -2.16. The number of hydrogen-bond donors (Lipinski definition) is 2. The SMILES string of the molecule is Nc1ccncc1C(=O)Nc1c(F)cc(Br)cc1F. The lowest BCUT2D eigenvalue weighted by Gasteiger charge is -2.09. The molecular formula is C12H8BrF2N3O. The number of nitrogen functional groups attached to an aromatic ring is 1. The molecule has 2 aromatic rings. The standard InChI is InChI=1S/C12H8BrF2N3O/c13-6-3-8(14)11(9(15)4-6)18-12(19)7-5-17-2-1-10(7)16/h1-5H,(H2,16,17)(H,18,19). The van der Waals surface area contributed by atoms with Crippen LogP contribution in [0.5, 0.6) is 0 Å². The third kappa shape index (κ3) is 2.87. The average molecular weight is 328 g/mol. The third-order valence-corrected chi connectivity index (χ3v) is 2.80. The molecule has 98 valence electrons. The Morgan fingerprint density at radius 1 is 1.32 bits per heavy atom. The predicted octanol–water partition coefficient (Wildman–Crippen LogP) is 2.96. The molecule has 0 saturated carbocycles. The molecule has 2 rings (SSSR count). The first-order valence-electron chi connectivity index (χ1n) is 5.14. The molecule has 0 fully saturated rings. The van der Waals surface area contributed by atoms with Gasteiger partial charge in [-0.2, -0.15) is 0 Å². The number of nitrogens with one attached hydrogen (secondary N) is 1. The van der Waals surface area contributed by atoms with E-state index in [1.54, 1.807) is 0 Å². The maximum absolute atomic E-state index is 13.6. The molecule has 0 unspecified atom stereocenters. The number of pyridine rings is 1. The van der Waals surface area contributed by atoms with Crippen molar-refractivity contribution in [1.82, 2.24) is 4.98 Å². The first-order valence-corrected chi connectivity index (χ1v) is 5.93. The number of nitrogens with zero attached hydrogens (tertiary/aromatic N) is 1. The number of benzene rings is 1. The van der Waals surface area contributed by atoms with E-state index in [0.29, 0.717) is 0 Å². The number of carbonyl (C=O) groups excluding carboxylic acids is 1. The average Bonchev–Trinajstić information content (AvgIpc) is 2.34. The highest BCUT2D eigenvalue weighted by Crippen LogP contribution is 2.24. The Balaban J connectivity index is 2.32. The zero-order valence-corrected chi connectivity index (χ0v) is 11.0. The second kappa shape index (κ2) is 5.31. The molecule has 0 aliphatic rings. The summed E-state index contributed by atoms with van der Waals surface area (Å²) in [7, 11) is 0. The van der Waals surface area contributed by atoms with Gasteiger partial charge in [-0.1, -0.05) is 15.9 Å². The molecule has 7 heteroatoms. The highest BCUT2D eigenvalue weighted by atomic mass is 79.9. The topological polar surface area (TPSA) is 68.0 Å². The zero-order valence-electron chi connectivity index (χ0n) is 9.45. The maximum Gasteiger partial charge on any atom is 0.259 e. The molecule has 19 heavy (non-hydrogen) atoms. The summed E-state index contributed by atoms with van der Waals surface area (Å²) in [6.45, 7) is 0. The van der Waals surface area contributed by atoms with E-state index in [1.165, 1.54) is 18.5 Å². The Morgan fingerprint density at radius 2 is 1.95 bits per heavy atom. The lowest BCUT2D eigenvalue weighted by molar-refractivity contribution is 0.102. The van der Waals surface area contributed by atoms with Crippen LogP contribution in [0.15, 0.2) is 35.1 Å². The summed E-state index contributed by atoms with van der Waals surface area (Å²) in [5, 5.41) is 2.13. The Kier molecular flexibility index (Phi) is 3.75. The van der Waals surface area contributed by atoms with Crippen molar-refractivity contribution < 1.29 is 13.6 Å². The number of aromatic nitrogens is 1. The number of rotatable bonds is 2. The van der Waals surface area contributed by atoms with Gasteiger partial charge in [0.25, 0.3) is 5.91 Å². The Morgan fingerprint density at radius 3 is 2.53 bits per heavy atom. The minimum atomic E-state index is -0.886. The van der Waals surface area contributed by atoms with Gasteiger partial charge >= 0.3 is 0 Å². The summed E-state index contributed by atoms with van der Waals surface area (Å²) in [6.07, 6.45) is 2.63. The van der Waals surface area contributed by atoms with Crippen molar-refractivity contribution in [2.24, 2.45) is 0 Å². The monoisotopic (exact) mass is 327 g/mol. The van der Waals surface area contributed by atoms with Crippen LogP contribution in [-0.2, 0) is 0 Å². The van der Waals surface area contributed by atoms with Crippen molar-refractivity contribution in [2.75, 3.05) is 11.1 Å². The fraction of sp³-hybridized carbons (Fsp3) is 0. The first-order chi connectivity index (χ1) is 8.99. The quantitative estimate of drug-likeness (QED) is 0.891. The molecule has 3 N–H and O–H groups in total. The van der Waals surface area contributed by atoms with E-state index in [0.717, 1.165) is 12.1 Å². The smallest absolute Gasteiger partial charge is 0.259 e. The molecule has 1 amide bonds. The van der Waals surface area contributed by atoms with Crippen LogP contribution in [0.2, 0.25) is 0 Å². The molecule has 1 heterocycles. The molecule has 4 nitrogen and oxygen atoms in total. The number of hydrogen-bond acceptors (Lipinski definition) is 3. The molecule has 1 aromatic heterocycles. The number of amides is 1. The van der Waals surface area contributed by atoms with Crippen LogP contribution < -0.4 is 11.1 Å². The van der Waals surface area contributed by atoms with E-state index in [9.17, 15) is 13.6 Å². The van der Waals surface area contributed by atoms with Crippen molar-refractivity contribution >= 4 is 33.2 Å². The normalized spacial score (nSPS) is 10.3. The van der Waals surface area contributed by atoms with Crippen LogP contribution in [0.1, 0.15) is 10.4 Å². The second-order valence-corrected chi connectivity index (χ2v) is 4.58. The lowest BCUT2D eigenvalue weighted by atomic mass is 10.2. The minimum absolute atomic E-state index is 0.0456. The molecule has 0 saturated heterocycles. The summed E-state index contributed by atoms with van der Waals surface area (Å²) in [5.74, 6) is -2.50. The van der Waals surface area contributed by atoms with Gasteiger partial charge in [0.05, 0.1) is 5.56 Å². The van der Waals surface area contributed by atoms with Crippen molar-refractivity contribution in [3.05, 3.63) is 52.3 Å². The Hall–Kier alpha value is -2.02. The number of halogens is 3. The van der Waals surface area contributed by atoms with Gasteiger partial charge in [0.2, 0.25) is 0 Å². The van der Waals surface area contributed by atoms with E-state index in [4.69, 9.17) is 5.73 Å². The first kappa shape index (κ1) is 13.4. The highest BCUT2D eigenvalue weighted by Gasteiger charge is 2.16. The van der Waals surface area contributed by atoms with Crippen LogP contribution in [0.25, 0.3) is 0 Å². The molecule has 0 bridgehead atoms. The molecular weight excluding hydrogens is 320 g/mol. The Bertz CT molecular complexity index is 626. The van der Waals surface area contributed by atoms with Crippen LogP contribution in [0.4, 0.5) is 20.2 Å². The zero-order chi connectivity index (χ0) is 14.0. The fourth-order valence-electron chi connectivity index (χ4n) is 1.44. The summed E-state index contributed by atoms with van der Waals surface area (Å²) >= 11 is 2.95. The molecule has 0 radical (unpaired) electrons. The van der Waals surface area contributed by atoms with Gasteiger partial charge in [-0.05, 0) is 18.2 Å². The summed E-state index contributed by atoms with van der Waals surface area (Å²) < 4.78 is 27.4. The van der Waals surface area contributed by atoms with E-state index in [1.807, 2.05) is 0 Å². The second-order valence-electron chi connectivity index (χ2n) is 3.66. The van der Waals surface area contributed by atoms with E-state index in [-0.39, 0.29) is 15.7 Å². The minimum Gasteiger partial charge on any atom is -0.398 e. The maximum atomic E-state index is 13.6. The third-order valence-electron chi connectivity index (χ3n) is 2.34. The van der Waals surface area contributed by atoms with E-state index >= 15 is 0 Å². The predicted molar refractivity (Wildman–Crippen MR) is 70.7 cm³/mol. The van der Waals surface area contributed by atoms with Gasteiger partial charge in [0.15, 0.2) is 11.6 Å². The highest BCUT2D eigenvalue weighted by molar-refractivity contribution is 9.10. The summed E-state index contributed by atoms with van der Waals surface area (Å²) in [6, 6.07) is 3.51. The van der Waals surface area contributed by atoms with Crippen molar-refractivity contribution in [3.63, 3.8) is 0 Å². The van der Waals surface area contributed by atoms with Crippen molar-refractivity contribution in [1.29, 1.82) is 0 Å². The van der Waals surface area contributed by atoms with Crippen molar-refractivity contribution in [2.45, 2.75) is 0 Å². The number of carbonyl (C=O) groups is 1. The number of nitrogens with two attached hydrogens (primary N) is 1. The van der Waals surface area contributed by atoms with Crippen LogP contribution in [0, 0.1) is 11.6 Å². The van der Waals surface area contributed by atoms with Gasteiger partial charge in [0.1, 0.15) is 5.69 Å². The summed E-state index contributed by atoms with van der Waals surface area (Å²) in [4.78, 5) is 15.6. The number of anilines is 2. The largest absolute Gasteiger partial charge is 0.398 e. The Labute approximate surface area is 115 Å². The van der Waals surface area contributed by atoms with Gasteiger partial charge in [-0.25, -0.2) is 8.78 Å². The van der Waals surface area contributed by atoms with Crippen molar-refractivity contribution in [3.8, 4) is 0 Å². The molecule has 1 aromatic carbocycles. The summed E-state index contributed by atoms with van der Waals surface area (Å²) in [5.41, 5.74) is 5.27. The van der Waals surface area contributed by atoms with Gasteiger partial charge < -0.3 is 11.1 Å². The molecule has 0 aliphatic carbocycles. The van der Waals surface area contributed by atoms with Crippen LogP contribution in [0.3, 0.4) is 0 Å². The van der Waals surface area contributed by atoms with Gasteiger partial charge in [-0.15, -0.1) is 0 Å². The van der Waals surface area contributed by atoms with E-state index < -0.39 is 23.2 Å². The van der Waals surface area contributed by atoms with Gasteiger partial charge in [0, 0.05) is 22.6 Å². The fourth-order valence-corrected chi connectivity index (χ4v) is 1.84.